The fourth-order valence-electron chi connectivity index (χ4n) is 3.52. The van der Waals surface area contributed by atoms with Crippen molar-refractivity contribution in [2.45, 2.75) is 76.5 Å². The maximum atomic E-state index is 13.2. The van der Waals surface area contributed by atoms with Gasteiger partial charge in [-0.1, -0.05) is 13.8 Å². The van der Waals surface area contributed by atoms with Crippen LogP contribution < -0.4 is 27.4 Å². The normalized spacial score (nSPS) is 14.5. The number of hydrogen-bond donors (Lipinski definition) is 7. The Bertz CT molecular complexity index is 822. The van der Waals surface area contributed by atoms with E-state index in [1.807, 2.05) is 20.1 Å². The molecule has 0 aromatic carbocycles. The number of aromatic nitrogens is 2. The van der Waals surface area contributed by atoms with Crippen molar-refractivity contribution >= 4 is 35.5 Å². The minimum atomic E-state index is -1.17. The number of amides is 3. The number of unbranched alkanes of at least 4 members (excludes halogenated alkanes) is 1. The van der Waals surface area contributed by atoms with Crippen LogP contribution in [0.1, 0.15) is 51.6 Å². The minimum absolute atomic E-state index is 0.0583. The zero-order valence-electron chi connectivity index (χ0n) is 21.3. The summed E-state index contributed by atoms with van der Waals surface area (Å²) in [5, 5.41) is 17.4. The third-order valence-corrected chi connectivity index (χ3v) is 6.12. The number of thioether (sulfide) groups is 1. The molecule has 0 saturated heterocycles. The van der Waals surface area contributed by atoms with Gasteiger partial charge in [0.1, 0.15) is 18.1 Å². The number of H-pyrrole nitrogens is 1. The molecule has 0 aliphatic heterocycles. The lowest BCUT2D eigenvalue weighted by Crippen LogP contribution is -2.57. The SMILES string of the molecule is CSCCC(NC(=O)C(N)CC(C)C)C(=O)NC(Cc1cnc[nH]1)C(=O)NC(CCCCN)C(=O)O. The van der Waals surface area contributed by atoms with Crippen molar-refractivity contribution in [3.8, 4) is 0 Å². The molecule has 0 bridgehead atoms. The molecule has 1 heterocycles. The van der Waals surface area contributed by atoms with Gasteiger partial charge in [-0.2, -0.15) is 11.8 Å². The van der Waals surface area contributed by atoms with E-state index in [1.165, 1.54) is 24.3 Å². The summed E-state index contributed by atoms with van der Waals surface area (Å²) in [5.41, 5.74) is 12.0. The molecule has 0 aliphatic rings. The van der Waals surface area contributed by atoms with Crippen LogP contribution in [0.2, 0.25) is 0 Å². The summed E-state index contributed by atoms with van der Waals surface area (Å²) in [6.07, 6.45) is 7.07. The fourth-order valence-corrected chi connectivity index (χ4v) is 3.99. The number of nitrogens with zero attached hydrogens (tertiary/aromatic N) is 1. The van der Waals surface area contributed by atoms with E-state index in [-0.39, 0.29) is 18.8 Å². The van der Waals surface area contributed by atoms with Crippen LogP contribution >= 0.6 is 11.8 Å². The number of aromatic amines is 1. The highest BCUT2D eigenvalue weighted by molar-refractivity contribution is 7.98. The summed E-state index contributed by atoms with van der Waals surface area (Å²) in [7, 11) is 0. The van der Waals surface area contributed by atoms with Crippen LogP contribution in [0, 0.1) is 5.92 Å². The number of aliphatic carboxylic acids is 1. The van der Waals surface area contributed by atoms with E-state index in [4.69, 9.17) is 11.5 Å². The second-order valence-corrected chi connectivity index (χ2v) is 10.1. The molecule has 9 N–H and O–H groups in total. The van der Waals surface area contributed by atoms with Gasteiger partial charge in [-0.05, 0) is 56.6 Å². The first-order valence-electron chi connectivity index (χ1n) is 12.1. The average molecular weight is 528 g/mol. The van der Waals surface area contributed by atoms with Gasteiger partial charge in [0.25, 0.3) is 0 Å². The van der Waals surface area contributed by atoms with E-state index in [2.05, 4.69) is 25.9 Å². The summed E-state index contributed by atoms with van der Waals surface area (Å²) >= 11 is 1.51. The second-order valence-electron chi connectivity index (χ2n) is 9.10. The van der Waals surface area contributed by atoms with E-state index in [0.717, 1.165) is 0 Å². The first kappa shape index (κ1) is 31.4. The Labute approximate surface area is 216 Å². The van der Waals surface area contributed by atoms with Crippen LogP contribution in [0.3, 0.4) is 0 Å². The van der Waals surface area contributed by atoms with Gasteiger partial charge in [-0.15, -0.1) is 0 Å². The maximum Gasteiger partial charge on any atom is 0.326 e. The second kappa shape index (κ2) is 16.9. The Morgan fingerprint density at radius 3 is 2.22 bits per heavy atom. The first-order valence-corrected chi connectivity index (χ1v) is 13.5. The summed E-state index contributed by atoms with van der Waals surface area (Å²) in [5.74, 6) is -2.01. The molecule has 1 aromatic heterocycles. The number of carboxylic acid groups (broad SMARTS) is 1. The van der Waals surface area contributed by atoms with Crippen LogP contribution in [0.5, 0.6) is 0 Å². The first-order chi connectivity index (χ1) is 17.1. The number of imidazole rings is 1. The highest BCUT2D eigenvalue weighted by Gasteiger charge is 2.30. The van der Waals surface area contributed by atoms with Gasteiger partial charge in [0, 0.05) is 18.3 Å². The molecule has 3 amide bonds. The molecule has 4 atom stereocenters. The molecule has 4 unspecified atom stereocenters. The number of carbonyl (C=O) groups excluding carboxylic acids is 3. The predicted molar refractivity (Wildman–Crippen MR) is 139 cm³/mol. The summed E-state index contributed by atoms with van der Waals surface area (Å²) in [6.45, 7) is 4.32. The fraction of sp³-hybridized carbons (Fsp3) is 0.696. The minimum Gasteiger partial charge on any atom is -0.480 e. The maximum absolute atomic E-state index is 13.2. The van der Waals surface area contributed by atoms with Crippen molar-refractivity contribution in [2.75, 3.05) is 18.6 Å². The Morgan fingerprint density at radius 1 is 1.03 bits per heavy atom. The van der Waals surface area contributed by atoms with E-state index in [1.54, 1.807) is 0 Å². The largest absolute Gasteiger partial charge is 0.480 e. The molecule has 0 radical (unpaired) electrons. The van der Waals surface area contributed by atoms with Gasteiger partial charge >= 0.3 is 5.97 Å². The number of nitrogens with two attached hydrogens (primary N) is 2. The summed E-state index contributed by atoms with van der Waals surface area (Å²) in [4.78, 5) is 57.3. The Balaban J connectivity index is 3.00. The molecule has 12 nitrogen and oxygen atoms in total. The number of hydrogen-bond acceptors (Lipinski definition) is 8. The Hall–Kier alpha value is -2.64. The van der Waals surface area contributed by atoms with Crippen molar-refractivity contribution in [2.24, 2.45) is 17.4 Å². The highest BCUT2D eigenvalue weighted by atomic mass is 32.2. The zero-order chi connectivity index (χ0) is 27.1. The molecule has 204 valence electrons. The quantitative estimate of drug-likeness (QED) is 0.125. The van der Waals surface area contributed by atoms with Gasteiger partial charge < -0.3 is 37.5 Å². The van der Waals surface area contributed by atoms with E-state index in [9.17, 15) is 24.3 Å². The van der Waals surface area contributed by atoms with Gasteiger partial charge in [0.05, 0.1) is 12.4 Å². The van der Waals surface area contributed by atoms with Gasteiger partial charge in [0.2, 0.25) is 17.7 Å². The zero-order valence-corrected chi connectivity index (χ0v) is 22.1. The smallest absolute Gasteiger partial charge is 0.326 e. The van der Waals surface area contributed by atoms with Crippen molar-refractivity contribution in [1.29, 1.82) is 0 Å². The summed E-state index contributed by atoms with van der Waals surface area (Å²) in [6, 6.07) is -3.87. The third-order valence-electron chi connectivity index (χ3n) is 5.48. The standard InChI is InChI=1S/C23H41N7O5S/c1-14(2)10-16(25)20(31)28-17(7-9-36-3)21(32)30-19(11-15-12-26-13-27-15)22(33)29-18(23(34)35)6-4-5-8-24/h12-14,16-19H,4-11,24-25H2,1-3H3,(H,26,27)(H,28,31)(H,29,33)(H,30,32)(H,34,35). The molecule has 0 spiro atoms. The van der Waals surface area contributed by atoms with Crippen molar-refractivity contribution < 1.29 is 24.3 Å². The third kappa shape index (κ3) is 11.9. The molecular weight excluding hydrogens is 486 g/mol. The predicted octanol–water partition coefficient (Wildman–Crippen LogP) is -0.253. The molecule has 1 aromatic rings. The van der Waals surface area contributed by atoms with Gasteiger partial charge in [0.15, 0.2) is 0 Å². The van der Waals surface area contributed by atoms with Gasteiger partial charge in [-0.3, -0.25) is 14.4 Å². The van der Waals surface area contributed by atoms with Crippen LogP contribution in [0.15, 0.2) is 12.5 Å². The lowest BCUT2D eigenvalue weighted by Gasteiger charge is -2.25. The lowest BCUT2D eigenvalue weighted by atomic mass is 10.0. The number of carboxylic acids is 1. The number of rotatable bonds is 18. The van der Waals surface area contributed by atoms with E-state index in [0.29, 0.717) is 43.7 Å². The Morgan fingerprint density at radius 2 is 1.67 bits per heavy atom. The van der Waals surface area contributed by atoms with Crippen LogP contribution in [0.25, 0.3) is 0 Å². The average Bonchev–Trinajstić information content (AvgIpc) is 3.33. The van der Waals surface area contributed by atoms with Crippen LogP contribution in [0.4, 0.5) is 0 Å². The molecule has 0 fully saturated rings. The molecule has 0 aliphatic carbocycles. The molecule has 36 heavy (non-hydrogen) atoms. The molecule has 0 saturated carbocycles. The van der Waals surface area contributed by atoms with E-state index >= 15 is 0 Å². The van der Waals surface area contributed by atoms with Crippen molar-refractivity contribution in [3.05, 3.63) is 18.2 Å². The lowest BCUT2D eigenvalue weighted by molar-refractivity contribution is -0.142. The molecule has 1 rings (SSSR count). The number of nitrogens with one attached hydrogen (secondary N) is 4. The topological polar surface area (TPSA) is 205 Å². The van der Waals surface area contributed by atoms with Crippen molar-refractivity contribution in [3.63, 3.8) is 0 Å². The van der Waals surface area contributed by atoms with Crippen LogP contribution in [-0.2, 0) is 25.6 Å². The molecular formula is C23H41N7O5S. The number of carbonyl (C=O) groups is 4. The summed E-state index contributed by atoms with van der Waals surface area (Å²) < 4.78 is 0. The van der Waals surface area contributed by atoms with Crippen LogP contribution in [-0.4, -0.2) is 81.5 Å². The van der Waals surface area contributed by atoms with Gasteiger partial charge in [-0.25, -0.2) is 9.78 Å². The Kier molecular flexibility index (Phi) is 14.8. The van der Waals surface area contributed by atoms with Crippen molar-refractivity contribution in [1.82, 2.24) is 25.9 Å². The molecule has 13 heteroatoms. The monoisotopic (exact) mass is 527 g/mol. The highest BCUT2D eigenvalue weighted by Crippen LogP contribution is 2.08. The van der Waals surface area contributed by atoms with E-state index < -0.39 is 47.9 Å².